The average Bonchev–Trinajstić information content (AvgIpc) is 2.51. The highest BCUT2D eigenvalue weighted by Crippen LogP contribution is 2.49. The minimum absolute atomic E-state index is 0.444. The van der Waals surface area contributed by atoms with E-state index in [1.165, 1.54) is 22.3 Å². The number of hydrogen-bond donors (Lipinski definition) is 0. The number of benzene rings is 1. The summed E-state index contributed by atoms with van der Waals surface area (Å²) >= 11 is 0. The van der Waals surface area contributed by atoms with Crippen molar-refractivity contribution in [1.29, 1.82) is 0 Å². The predicted octanol–water partition coefficient (Wildman–Crippen LogP) is 3.99. The second kappa shape index (κ2) is 4.82. The normalized spacial score (nSPS) is 20.0. The van der Waals surface area contributed by atoms with E-state index in [1.54, 1.807) is 14.2 Å². The number of aromatic nitrogens is 1. The van der Waals surface area contributed by atoms with Crippen LogP contribution >= 0.6 is 0 Å². The van der Waals surface area contributed by atoms with Gasteiger partial charge >= 0.3 is 0 Å². The van der Waals surface area contributed by atoms with Crippen LogP contribution in [0.15, 0.2) is 30.6 Å². The monoisotopic (exact) mass is 269 g/mol. The lowest BCUT2D eigenvalue weighted by Crippen LogP contribution is -2.13. The van der Waals surface area contributed by atoms with E-state index in [4.69, 9.17) is 9.47 Å². The Morgan fingerprint density at radius 3 is 2.25 bits per heavy atom. The molecular weight excluding hydrogens is 250 g/mol. The van der Waals surface area contributed by atoms with Gasteiger partial charge in [0.25, 0.3) is 0 Å². The van der Waals surface area contributed by atoms with Crippen molar-refractivity contribution in [3.05, 3.63) is 41.7 Å². The molecule has 0 radical (unpaired) electrons. The Morgan fingerprint density at radius 2 is 1.55 bits per heavy atom. The van der Waals surface area contributed by atoms with Crippen molar-refractivity contribution in [1.82, 2.24) is 4.98 Å². The molecule has 3 nitrogen and oxygen atoms in total. The number of nitrogens with zero attached hydrogens (tertiary/aromatic N) is 1. The Morgan fingerprint density at radius 1 is 0.900 bits per heavy atom. The molecule has 1 aliphatic carbocycles. The van der Waals surface area contributed by atoms with Crippen LogP contribution in [0, 0.1) is 0 Å². The highest BCUT2D eigenvalue weighted by Gasteiger charge is 2.29. The van der Waals surface area contributed by atoms with Crippen molar-refractivity contribution < 1.29 is 9.47 Å². The Hall–Kier alpha value is -2.03. The predicted molar refractivity (Wildman–Crippen MR) is 79.6 cm³/mol. The smallest absolute Gasteiger partial charge is 0.161 e. The molecule has 0 aliphatic heterocycles. The van der Waals surface area contributed by atoms with Crippen molar-refractivity contribution in [2.75, 3.05) is 14.2 Å². The maximum Gasteiger partial charge on any atom is 0.161 e. The molecule has 2 atom stereocenters. The summed E-state index contributed by atoms with van der Waals surface area (Å²) in [4.78, 5) is 4.28. The molecule has 1 aliphatic rings. The second-order valence-electron chi connectivity index (χ2n) is 5.33. The molecule has 1 heterocycles. The lowest BCUT2D eigenvalue weighted by Gasteiger charge is -2.31. The van der Waals surface area contributed by atoms with Gasteiger partial charge in [-0.25, -0.2) is 0 Å². The third-order valence-corrected chi connectivity index (χ3v) is 4.43. The summed E-state index contributed by atoms with van der Waals surface area (Å²) in [5.41, 5.74) is 5.06. The minimum Gasteiger partial charge on any atom is -0.493 e. The first-order chi connectivity index (χ1) is 9.67. The summed E-state index contributed by atoms with van der Waals surface area (Å²) in [6, 6.07) is 6.29. The first-order valence-corrected chi connectivity index (χ1v) is 6.87. The van der Waals surface area contributed by atoms with Crippen LogP contribution in [0.3, 0.4) is 0 Å². The molecule has 3 rings (SSSR count). The molecule has 104 valence electrons. The van der Waals surface area contributed by atoms with E-state index in [0.717, 1.165) is 11.5 Å². The van der Waals surface area contributed by atoms with Gasteiger partial charge in [0.15, 0.2) is 11.5 Å². The van der Waals surface area contributed by atoms with Crippen LogP contribution in [-0.2, 0) is 0 Å². The molecule has 0 amide bonds. The minimum atomic E-state index is 0.444. The van der Waals surface area contributed by atoms with Crippen LogP contribution in [0.2, 0.25) is 0 Å². The summed E-state index contributed by atoms with van der Waals surface area (Å²) < 4.78 is 10.9. The van der Waals surface area contributed by atoms with Gasteiger partial charge in [0.2, 0.25) is 0 Å². The van der Waals surface area contributed by atoms with E-state index < -0.39 is 0 Å². The fraction of sp³-hybridized carbons (Fsp3) is 0.353. The van der Waals surface area contributed by atoms with Gasteiger partial charge in [-0.05, 0) is 46.7 Å². The Kier molecular flexibility index (Phi) is 3.13. The molecule has 0 saturated heterocycles. The summed E-state index contributed by atoms with van der Waals surface area (Å²) in [6.45, 7) is 4.53. The molecule has 1 aromatic carbocycles. The van der Waals surface area contributed by atoms with Gasteiger partial charge in [0.1, 0.15) is 0 Å². The first-order valence-electron chi connectivity index (χ1n) is 6.87. The number of rotatable bonds is 2. The number of methoxy groups -OCH3 is 2. The first kappa shape index (κ1) is 13.0. The largest absolute Gasteiger partial charge is 0.493 e. The van der Waals surface area contributed by atoms with Crippen molar-refractivity contribution in [2.24, 2.45) is 0 Å². The fourth-order valence-electron chi connectivity index (χ4n) is 3.07. The third-order valence-electron chi connectivity index (χ3n) is 4.43. The zero-order valence-electron chi connectivity index (χ0n) is 12.3. The summed E-state index contributed by atoms with van der Waals surface area (Å²) in [7, 11) is 3.35. The van der Waals surface area contributed by atoms with Crippen LogP contribution in [0.4, 0.5) is 0 Å². The Balaban J connectivity index is 2.29. The molecule has 2 aromatic rings. The second-order valence-corrected chi connectivity index (χ2v) is 5.33. The summed E-state index contributed by atoms with van der Waals surface area (Å²) in [6.07, 6.45) is 3.82. The molecular formula is C17H19NO2. The van der Waals surface area contributed by atoms with Gasteiger partial charge in [-0.3, -0.25) is 4.98 Å². The lowest BCUT2D eigenvalue weighted by atomic mass is 9.73. The van der Waals surface area contributed by atoms with E-state index in [0.29, 0.717) is 11.8 Å². The molecule has 0 spiro atoms. The average molecular weight is 269 g/mol. The molecule has 0 N–H and O–H groups in total. The maximum atomic E-state index is 5.43. The van der Waals surface area contributed by atoms with Gasteiger partial charge in [0, 0.05) is 18.0 Å². The SMILES string of the molecule is COc1cc2c(cc1OC)C(C)C(C)c1ccncc1-2. The number of ether oxygens (including phenoxy) is 2. The highest BCUT2D eigenvalue weighted by molar-refractivity contribution is 5.77. The van der Waals surface area contributed by atoms with Crippen LogP contribution in [-0.4, -0.2) is 19.2 Å². The van der Waals surface area contributed by atoms with Crippen LogP contribution in [0.1, 0.15) is 36.8 Å². The molecule has 3 heteroatoms. The van der Waals surface area contributed by atoms with Crippen molar-refractivity contribution in [3.8, 4) is 22.6 Å². The zero-order chi connectivity index (χ0) is 14.3. The molecule has 20 heavy (non-hydrogen) atoms. The van der Waals surface area contributed by atoms with Gasteiger partial charge in [-0.2, -0.15) is 0 Å². The summed E-state index contributed by atoms with van der Waals surface area (Å²) in [5, 5.41) is 0. The van der Waals surface area contributed by atoms with E-state index in [9.17, 15) is 0 Å². The standard InChI is InChI=1S/C17H19NO2/c1-10-11(2)13-7-16(19-3)17(20-4)8-14(13)15-9-18-6-5-12(10)15/h5-11H,1-4H3. The maximum absolute atomic E-state index is 5.43. The lowest BCUT2D eigenvalue weighted by molar-refractivity contribution is 0.354. The van der Waals surface area contributed by atoms with Crippen LogP contribution in [0.25, 0.3) is 11.1 Å². The van der Waals surface area contributed by atoms with Gasteiger partial charge in [-0.15, -0.1) is 0 Å². The number of pyridine rings is 1. The molecule has 1 aromatic heterocycles. The third kappa shape index (κ3) is 1.77. The summed E-state index contributed by atoms with van der Waals surface area (Å²) in [5.74, 6) is 2.47. The van der Waals surface area contributed by atoms with Crippen LogP contribution < -0.4 is 9.47 Å². The van der Waals surface area contributed by atoms with Crippen molar-refractivity contribution in [3.63, 3.8) is 0 Å². The Labute approximate surface area is 119 Å². The van der Waals surface area contributed by atoms with Crippen molar-refractivity contribution in [2.45, 2.75) is 25.7 Å². The van der Waals surface area contributed by atoms with E-state index in [1.807, 2.05) is 12.4 Å². The molecule has 0 bridgehead atoms. The topological polar surface area (TPSA) is 31.4 Å². The number of hydrogen-bond acceptors (Lipinski definition) is 3. The van der Waals surface area contributed by atoms with E-state index in [-0.39, 0.29) is 0 Å². The fourth-order valence-corrected chi connectivity index (χ4v) is 3.07. The highest BCUT2D eigenvalue weighted by atomic mass is 16.5. The molecule has 0 saturated carbocycles. The van der Waals surface area contributed by atoms with Crippen molar-refractivity contribution >= 4 is 0 Å². The van der Waals surface area contributed by atoms with Gasteiger partial charge < -0.3 is 9.47 Å². The molecule has 0 fully saturated rings. The zero-order valence-corrected chi connectivity index (χ0v) is 12.3. The number of fused-ring (bicyclic) bond motifs is 3. The Bertz CT molecular complexity index is 651. The van der Waals surface area contributed by atoms with Gasteiger partial charge in [-0.1, -0.05) is 13.8 Å². The van der Waals surface area contributed by atoms with Gasteiger partial charge in [0.05, 0.1) is 14.2 Å². The quantitative estimate of drug-likeness (QED) is 0.826. The molecule has 2 unspecified atom stereocenters. The van der Waals surface area contributed by atoms with Crippen LogP contribution in [0.5, 0.6) is 11.5 Å². The van der Waals surface area contributed by atoms with E-state index >= 15 is 0 Å². The van der Waals surface area contributed by atoms with E-state index in [2.05, 4.69) is 37.0 Å².